The monoisotopic (exact) mass is 481 g/mol. The molecule has 34 heavy (non-hydrogen) atoms. The van der Waals surface area contributed by atoms with Crippen LogP contribution in [0.4, 0.5) is 5.69 Å². The Bertz CT molecular complexity index is 860. The molecule has 3 rings (SSSR count). The van der Waals surface area contributed by atoms with Crippen molar-refractivity contribution in [2.24, 2.45) is 0 Å². The van der Waals surface area contributed by atoms with Crippen molar-refractivity contribution in [1.82, 2.24) is 10.2 Å². The second kappa shape index (κ2) is 12.0. The molecule has 2 fully saturated rings. The molecule has 2 heterocycles. The van der Waals surface area contributed by atoms with Crippen LogP contribution >= 0.6 is 0 Å². The number of aliphatic carboxylic acids is 1. The molecule has 0 spiro atoms. The Kier molecular flexibility index (Phi) is 9.05. The predicted octanol–water partition coefficient (Wildman–Crippen LogP) is -1.56. The standard InChI is InChI=1S/C22H31N3O9/c1-32-15-5-3-2-4-14(15)24-6-8-25(9-7-24)19(27)10-16-21(30)22(31)17(34-16)11-23-18(26)12-33-13-20(28)29/h2-5,16-17,21-22,30-31H,6-13H2,1H3,(H,23,26)(H,28,29)/t16-,17+,21-,22+/m0/s1. The number of rotatable bonds is 10. The lowest BCUT2D eigenvalue weighted by Gasteiger charge is -2.37. The molecule has 12 heteroatoms. The van der Waals surface area contributed by atoms with E-state index >= 15 is 0 Å². The number of carbonyl (C=O) groups is 3. The van der Waals surface area contributed by atoms with Crippen molar-refractivity contribution >= 4 is 23.5 Å². The quantitative estimate of drug-likeness (QED) is 0.308. The second-order valence-electron chi connectivity index (χ2n) is 8.13. The van der Waals surface area contributed by atoms with Gasteiger partial charge in [-0.05, 0) is 12.1 Å². The van der Waals surface area contributed by atoms with Gasteiger partial charge in [-0.1, -0.05) is 12.1 Å². The lowest BCUT2D eigenvalue weighted by atomic mass is 10.0. The predicted molar refractivity (Wildman–Crippen MR) is 119 cm³/mol. The molecule has 4 N–H and O–H groups in total. The molecular formula is C22H31N3O9. The fourth-order valence-corrected chi connectivity index (χ4v) is 4.05. The normalized spacial score (nSPS) is 24.7. The molecule has 0 radical (unpaired) electrons. The third kappa shape index (κ3) is 6.56. The van der Waals surface area contributed by atoms with Crippen LogP contribution in [0.3, 0.4) is 0 Å². The van der Waals surface area contributed by atoms with E-state index in [9.17, 15) is 24.6 Å². The van der Waals surface area contributed by atoms with Crippen molar-refractivity contribution in [1.29, 1.82) is 0 Å². The van der Waals surface area contributed by atoms with Gasteiger partial charge in [-0.15, -0.1) is 0 Å². The Labute approximate surface area is 197 Å². The van der Waals surface area contributed by atoms with Gasteiger partial charge in [0, 0.05) is 32.7 Å². The molecule has 2 amide bonds. The average Bonchev–Trinajstić information content (AvgIpc) is 3.10. The molecule has 188 valence electrons. The first kappa shape index (κ1) is 25.7. The van der Waals surface area contributed by atoms with Gasteiger partial charge in [0.15, 0.2) is 0 Å². The van der Waals surface area contributed by atoms with Gasteiger partial charge in [-0.25, -0.2) is 4.79 Å². The number of piperazine rings is 1. The van der Waals surface area contributed by atoms with Crippen molar-refractivity contribution in [3.8, 4) is 5.75 Å². The summed E-state index contributed by atoms with van der Waals surface area (Å²) in [6, 6.07) is 7.69. The van der Waals surface area contributed by atoms with Crippen molar-refractivity contribution < 1.29 is 43.9 Å². The molecule has 4 atom stereocenters. The number of amides is 2. The summed E-state index contributed by atoms with van der Waals surface area (Å²) in [7, 11) is 1.62. The highest BCUT2D eigenvalue weighted by atomic mass is 16.5. The number of ether oxygens (including phenoxy) is 3. The Morgan fingerprint density at radius 2 is 1.74 bits per heavy atom. The smallest absolute Gasteiger partial charge is 0.329 e. The molecule has 1 aromatic carbocycles. The zero-order valence-corrected chi connectivity index (χ0v) is 19.0. The van der Waals surface area contributed by atoms with Crippen molar-refractivity contribution in [3.05, 3.63) is 24.3 Å². The highest BCUT2D eigenvalue weighted by molar-refractivity contribution is 5.78. The molecule has 0 unspecified atom stereocenters. The first-order valence-electron chi connectivity index (χ1n) is 11.0. The van der Waals surface area contributed by atoms with Crippen LogP contribution < -0.4 is 15.0 Å². The van der Waals surface area contributed by atoms with E-state index in [2.05, 4.69) is 15.0 Å². The van der Waals surface area contributed by atoms with Crippen molar-refractivity contribution in [2.45, 2.75) is 30.8 Å². The summed E-state index contributed by atoms with van der Waals surface area (Å²) in [4.78, 5) is 38.7. The van der Waals surface area contributed by atoms with E-state index in [1.807, 2.05) is 24.3 Å². The molecule has 2 aliphatic rings. The van der Waals surface area contributed by atoms with Crippen LogP contribution in [0.25, 0.3) is 0 Å². The van der Waals surface area contributed by atoms with Crippen molar-refractivity contribution in [2.75, 3.05) is 57.9 Å². The Hall–Kier alpha value is -2.93. The summed E-state index contributed by atoms with van der Waals surface area (Å²) >= 11 is 0. The number of hydrogen-bond acceptors (Lipinski definition) is 9. The van der Waals surface area contributed by atoms with Crippen LogP contribution in [0.5, 0.6) is 5.75 Å². The number of aliphatic hydroxyl groups excluding tert-OH is 2. The third-order valence-electron chi connectivity index (χ3n) is 5.85. The van der Waals surface area contributed by atoms with Crippen LogP contribution in [0.2, 0.25) is 0 Å². The van der Waals surface area contributed by atoms with E-state index in [1.54, 1.807) is 12.0 Å². The molecule has 2 saturated heterocycles. The number of anilines is 1. The van der Waals surface area contributed by atoms with Crippen LogP contribution in [0.1, 0.15) is 6.42 Å². The van der Waals surface area contributed by atoms with Gasteiger partial charge in [0.2, 0.25) is 11.8 Å². The number of carboxylic acid groups (broad SMARTS) is 1. The maximum Gasteiger partial charge on any atom is 0.329 e. The van der Waals surface area contributed by atoms with Crippen molar-refractivity contribution in [3.63, 3.8) is 0 Å². The van der Waals surface area contributed by atoms with E-state index in [0.717, 1.165) is 11.4 Å². The van der Waals surface area contributed by atoms with Gasteiger partial charge < -0.3 is 44.6 Å². The Morgan fingerprint density at radius 1 is 1.06 bits per heavy atom. The summed E-state index contributed by atoms with van der Waals surface area (Å²) in [5.41, 5.74) is 0.966. The van der Waals surface area contributed by atoms with Crippen LogP contribution in [0.15, 0.2) is 24.3 Å². The van der Waals surface area contributed by atoms with E-state index < -0.39 is 49.5 Å². The summed E-state index contributed by atoms with van der Waals surface area (Å²) < 4.78 is 15.7. The van der Waals surface area contributed by atoms with Gasteiger partial charge >= 0.3 is 5.97 Å². The maximum atomic E-state index is 12.8. The molecule has 2 aliphatic heterocycles. The van der Waals surface area contributed by atoms with Gasteiger partial charge in [-0.3, -0.25) is 9.59 Å². The summed E-state index contributed by atoms with van der Waals surface area (Å²) in [6.07, 6.45) is -4.46. The highest BCUT2D eigenvalue weighted by Gasteiger charge is 2.44. The fourth-order valence-electron chi connectivity index (χ4n) is 4.05. The van der Waals surface area contributed by atoms with E-state index in [1.165, 1.54) is 0 Å². The molecule has 0 bridgehead atoms. The summed E-state index contributed by atoms with van der Waals surface area (Å²) in [5, 5.41) is 31.5. The lowest BCUT2D eigenvalue weighted by Crippen LogP contribution is -2.50. The minimum absolute atomic E-state index is 0.0982. The number of nitrogens with zero attached hydrogens (tertiary/aromatic N) is 2. The Balaban J connectivity index is 1.44. The number of benzene rings is 1. The Morgan fingerprint density at radius 3 is 2.41 bits per heavy atom. The minimum Gasteiger partial charge on any atom is -0.495 e. The second-order valence-corrected chi connectivity index (χ2v) is 8.13. The summed E-state index contributed by atoms with van der Waals surface area (Å²) in [6.45, 7) is 1.07. The largest absolute Gasteiger partial charge is 0.495 e. The lowest BCUT2D eigenvalue weighted by molar-refractivity contribution is -0.144. The van der Waals surface area contributed by atoms with Crippen LogP contribution in [-0.4, -0.2) is 115 Å². The average molecular weight is 482 g/mol. The zero-order chi connectivity index (χ0) is 24.7. The zero-order valence-electron chi connectivity index (χ0n) is 19.0. The SMILES string of the molecule is COc1ccccc1N1CCN(C(=O)C[C@@H]2O[C@H](CNC(=O)COCC(=O)O)[C@@H](O)[C@H]2O)CC1. The molecule has 1 aromatic rings. The van der Waals surface area contributed by atoms with Gasteiger partial charge in [0.25, 0.3) is 0 Å². The molecule has 12 nitrogen and oxygen atoms in total. The van der Waals surface area contributed by atoms with Gasteiger partial charge in [0.1, 0.15) is 37.3 Å². The molecular weight excluding hydrogens is 450 g/mol. The number of nitrogens with one attached hydrogen (secondary N) is 1. The van der Waals surface area contributed by atoms with E-state index in [0.29, 0.717) is 26.2 Å². The fraction of sp³-hybridized carbons (Fsp3) is 0.591. The molecule has 0 aromatic heterocycles. The van der Waals surface area contributed by atoms with Gasteiger partial charge in [0.05, 0.1) is 25.3 Å². The first-order chi connectivity index (χ1) is 16.3. The first-order valence-corrected chi connectivity index (χ1v) is 11.0. The summed E-state index contributed by atoms with van der Waals surface area (Å²) in [5.74, 6) is -1.20. The molecule has 0 saturated carbocycles. The third-order valence-corrected chi connectivity index (χ3v) is 5.85. The van der Waals surface area contributed by atoms with E-state index in [-0.39, 0.29) is 18.9 Å². The number of para-hydroxylation sites is 2. The topological polar surface area (TPSA) is 158 Å². The number of aliphatic hydroxyl groups is 2. The van der Waals surface area contributed by atoms with Gasteiger partial charge in [-0.2, -0.15) is 0 Å². The number of hydrogen-bond donors (Lipinski definition) is 4. The highest BCUT2D eigenvalue weighted by Crippen LogP contribution is 2.29. The van der Waals surface area contributed by atoms with E-state index in [4.69, 9.17) is 14.6 Å². The number of carboxylic acids is 1. The number of carbonyl (C=O) groups excluding carboxylic acids is 2. The van der Waals surface area contributed by atoms with Crippen LogP contribution in [0, 0.1) is 0 Å². The molecule has 0 aliphatic carbocycles. The maximum absolute atomic E-state index is 12.8. The van der Waals surface area contributed by atoms with Crippen LogP contribution in [-0.2, 0) is 23.9 Å². The minimum atomic E-state index is -1.28. The number of methoxy groups -OCH3 is 1.